The van der Waals surface area contributed by atoms with Gasteiger partial charge in [-0.1, -0.05) is 0 Å². The molecule has 0 N–H and O–H groups in total. The van der Waals surface area contributed by atoms with Gasteiger partial charge in [0.05, 0.1) is 0 Å². The van der Waals surface area contributed by atoms with Crippen LogP contribution in [0.25, 0.3) is 0 Å². The molecule has 0 aliphatic rings. The molecule has 1 aromatic carbocycles. The van der Waals surface area contributed by atoms with Crippen molar-refractivity contribution in [1.82, 2.24) is 0 Å². The fraction of sp³-hybridized carbons (Fsp3) is 0.462. The molecule has 3 nitrogen and oxygen atoms in total. The van der Waals surface area contributed by atoms with Gasteiger partial charge in [0, 0.05) is 10.9 Å². The summed E-state index contributed by atoms with van der Waals surface area (Å²) < 4.78 is 69.6. The molecule has 0 spiro atoms. The molecule has 0 heterocycles. The Labute approximate surface area is 140 Å². The average Bonchev–Trinajstić information content (AvgIpc) is 2.22. The molecular weight excluding hydrogens is 425 g/mol. The van der Waals surface area contributed by atoms with Crippen LogP contribution in [0.2, 0.25) is 0 Å². The normalized spacial score (nSPS) is 14.8. The molecule has 0 aliphatic carbocycles. The molecule has 0 bridgehead atoms. The van der Waals surface area contributed by atoms with Crippen molar-refractivity contribution in [2.75, 3.05) is 12.5 Å². The second-order valence-corrected chi connectivity index (χ2v) is 11.9. The molecule has 24 heavy (non-hydrogen) atoms. The van der Waals surface area contributed by atoms with Crippen molar-refractivity contribution in [3.05, 3.63) is 24.3 Å². The van der Waals surface area contributed by atoms with Gasteiger partial charge in [0.2, 0.25) is 0 Å². The summed E-state index contributed by atoms with van der Waals surface area (Å²) in [5.41, 5.74) is -0.531. The topological polar surface area (TPSA) is 35.5 Å². The molecule has 0 aliphatic heterocycles. The van der Waals surface area contributed by atoms with Crippen LogP contribution in [0, 0.1) is 0 Å². The molecule has 142 valence electrons. The molecule has 0 fully saturated rings. The molecule has 0 atom stereocenters. The molecule has 1 aromatic rings. The van der Waals surface area contributed by atoms with Gasteiger partial charge in [0.25, 0.3) is 0 Å². The fourth-order valence-corrected chi connectivity index (χ4v) is 1.83. The van der Waals surface area contributed by atoms with E-state index in [4.69, 9.17) is 9.47 Å². The minimum absolute atomic E-state index is 0.212. The van der Waals surface area contributed by atoms with E-state index in [-0.39, 0.29) is 10.9 Å². The van der Waals surface area contributed by atoms with Gasteiger partial charge in [-0.15, -0.1) is 0 Å². The number of hydrogen-bond acceptors (Lipinski definition) is 3. The van der Waals surface area contributed by atoms with E-state index in [1.54, 1.807) is 32.9 Å². The number of ether oxygens (including phenoxy) is 2. The quantitative estimate of drug-likeness (QED) is 0.202. The van der Waals surface area contributed by atoms with Gasteiger partial charge < -0.3 is 9.47 Å². The average molecular weight is 444 g/mol. The predicted molar refractivity (Wildman–Crippen MR) is 83.2 cm³/mol. The molecule has 0 amide bonds. The first-order valence-corrected chi connectivity index (χ1v) is 12.7. The summed E-state index contributed by atoms with van der Waals surface area (Å²) in [6.45, 7) is 5.41. The first-order valence-electron chi connectivity index (χ1n) is 6.38. The van der Waals surface area contributed by atoms with Crippen LogP contribution in [0.15, 0.2) is 29.2 Å². The maximum absolute atomic E-state index is 11.4. The van der Waals surface area contributed by atoms with E-state index in [2.05, 4.69) is 12.5 Å². The van der Waals surface area contributed by atoms with E-state index in [1.165, 1.54) is 4.90 Å². The summed E-state index contributed by atoms with van der Waals surface area (Å²) in [6, 6.07) is 7.49. The zero-order chi connectivity index (χ0) is 19.5. The number of carbonyl (C=O) groups is 1. The van der Waals surface area contributed by atoms with Gasteiger partial charge in [-0.25, -0.2) is 4.79 Å². The van der Waals surface area contributed by atoms with Gasteiger partial charge in [-0.05, 0) is 45.0 Å². The Morgan fingerprint density at radius 1 is 0.958 bits per heavy atom. The van der Waals surface area contributed by atoms with Crippen molar-refractivity contribution >= 4 is 31.2 Å². The zero-order valence-electron chi connectivity index (χ0n) is 13.7. The van der Waals surface area contributed by atoms with Gasteiger partial charge in [0.15, 0.2) is 4.90 Å². The van der Waals surface area contributed by atoms with E-state index >= 15 is 0 Å². The Kier molecular flexibility index (Phi) is 6.42. The SMILES string of the molecule is C[S+](C)c1ccc(OC(=O)OC(C)(C)C)cc1.F[As-](F)(F)(F)(F)F. The van der Waals surface area contributed by atoms with Crippen LogP contribution in [0.1, 0.15) is 20.8 Å². The van der Waals surface area contributed by atoms with E-state index in [0.717, 1.165) is 0 Å². The molecule has 0 radical (unpaired) electrons. The summed E-state index contributed by atoms with van der Waals surface area (Å²) in [7, 11) is 0.212. The maximum atomic E-state index is 11.4. The third-order valence-corrected chi connectivity index (χ3v) is 3.10. The Morgan fingerprint density at radius 2 is 1.33 bits per heavy atom. The van der Waals surface area contributed by atoms with Crippen molar-refractivity contribution in [3.8, 4) is 5.75 Å². The second-order valence-electron chi connectivity index (χ2n) is 5.81. The summed E-state index contributed by atoms with van der Waals surface area (Å²) in [5, 5.41) is 0. The molecule has 1 rings (SSSR count). The summed E-state index contributed by atoms with van der Waals surface area (Å²) in [4.78, 5) is 12.6. The van der Waals surface area contributed by atoms with Crippen LogP contribution in [-0.4, -0.2) is 38.4 Å². The first-order chi connectivity index (χ1) is 10.2. The van der Waals surface area contributed by atoms with E-state index in [1.807, 2.05) is 12.1 Å². The number of carbonyl (C=O) groups excluding carboxylic acids is 1. The van der Waals surface area contributed by atoms with E-state index in [9.17, 15) is 25.6 Å². The number of rotatable bonds is 2. The van der Waals surface area contributed by atoms with Crippen LogP contribution in [-0.2, 0) is 15.6 Å². The minimum atomic E-state index is -11.1. The molecule has 0 saturated heterocycles. The Bertz CT molecular complexity index is 552. The Hall–Kier alpha value is -1.02. The van der Waals surface area contributed by atoms with Crippen molar-refractivity contribution in [2.45, 2.75) is 31.3 Å². The fourth-order valence-electron chi connectivity index (χ4n) is 1.15. The summed E-state index contributed by atoms with van der Waals surface area (Å²) in [5.74, 6) is 0.508. The zero-order valence-corrected chi connectivity index (χ0v) is 16.4. The summed E-state index contributed by atoms with van der Waals surface area (Å²) >= 11 is -11.1. The second kappa shape index (κ2) is 6.71. The van der Waals surface area contributed by atoms with Crippen molar-refractivity contribution in [1.29, 1.82) is 0 Å². The van der Waals surface area contributed by atoms with Gasteiger partial charge in [-0.2, -0.15) is 0 Å². The van der Waals surface area contributed by atoms with Crippen LogP contribution < -0.4 is 4.74 Å². The van der Waals surface area contributed by atoms with E-state index in [0.29, 0.717) is 5.75 Å². The number of halogens is 6. The number of hydrogen-bond donors (Lipinski definition) is 0. The van der Waals surface area contributed by atoms with E-state index < -0.39 is 25.9 Å². The van der Waals surface area contributed by atoms with Crippen LogP contribution >= 0.6 is 0 Å². The molecular formula is C13H19AsF6O3S. The third kappa shape index (κ3) is 17.3. The molecule has 0 aromatic heterocycles. The molecule has 11 heteroatoms. The number of benzene rings is 1. The van der Waals surface area contributed by atoms with Crippen molar-refractivity contribution < 1.29 is 35.1 Å². The third-order valence-electron chi connectivity index (χ3n) is 1.89. The predicted octanol–water partition coefficient (Wildman–Crippen LogP) is 5.38. The van der Waals surface area contributed by atoms with Crippen LogP contribution in [0.5, 0.6) is 5.75 Å². The first kappa shape index (κ1) is 23.0. The Morgan fingerprint density at radius 3 is 1.62 bits per heavy atom. The van der Waals surface area contributed by atoms with Gasteiger partial charge >= 0.3 is 41.1 Å². The monoisotopic (exact) mass is 444 g/mol. The standard InChI is InChI=1S/C13H19O3S.AsF6/c1-13(2,3)16-12(14)15-10-6-8-11(9-7-10)17(4)5;2-1(3,4,5,6)7/h6-9H,1-5H3;/q+1;-1. The molecule has 0 unspecified atom stereocenters. The van der Waals surface area contributed by atoms with Gasteiger partial charge in [-0.3, -0.25) is 0 Å². The Balaban J connectivity index is 0.000000640. The van der Waals surface area contributed by atoms with Crippen LogP contribution in [0.3, 0.4) is 0 Å². The van der Waals surface area contributed by atoms with Gasteiger partial charge in [0.1, 0.15) is 23.9 Å². The molecule has 0 saturated carbocycles. The van der Waals surface area contributed by atoms with Crippen LogP contribution in [0.4, 0.5) is 25.6 Å². The summed E-state index contributed by atoms with van der Waals surface area (Å²) in [6.07, 6.45) is 3.62. The van der Waals surface area contributed by atoms with Crippen molar-refractivity contribution in [3.63, 3.8) is 0 Å². The van der Waals surface area contributed by atoms with Crippen molar-refractivity contribution in [2.24, 2.45) is 0 Å².